The van der Waals surface area contributed by atoms with Crippen LogP contribution in [0, 0.1) is 6.92 Å². The Morgan fingerprint density at radius 3 is 2.48 bits per heavy atom. The smallest absolute Gasteiger partial charge is 0.307 e. The average molecular weight is 489 g/mol. The fourth-order valence-corrected chi connectivity index (χ4v) is 3.92. The van der Waals surface area contributed by atoms with Crippen molar-refractivity contribution < 1.29 is 23.8 Å². The highest BCUT2D eigenvalue weighted by atomic mass is 79.9. The molecule has 0 saturated carbocycles. The maximum absolute atomic E-state index is 13.0. The lowest BCUT2D eigenvalue weighted by molar-refractivity contribution is -0.141. The lowest BCUT2D eigenvalue weighted by Gasteiger charge is -2.20. The standard InChI is InChI=1S/C23H25BrN2O5/c1-13-16(17-10-15(24)6-7-18(17)25-13)11-22(27)26-19(12-23(28)31-4)14-5-8-20(29-2)21(9-14)30-3/h5-10,19,25H,11-12H2,1-4H3,(H,26,27). The Hall–Kier alpha value is -3.00. The molecule has 164 valence electrons. The Morgan fingerprint density at radius 1 is 1.06 bits per heavy atom. The molecule has 3 aromatic rings. The Morgan fingerprint density at radius 2 is 1.81 bits per heavy atom. The molecule has 7 nitrogen and oxygen atoms in total. The summed E-state index contributed by atoms with van der Waals surface area (Å²) < 4.78 is 16.4. The van der Waals surface area contributed by atoms with E-state index in [0.29, 0.717) is 11.5 Å². The number of hydrogen-bond acceptors (Lipinski definition) is 5. The second-order valence-electron chi connectivity index (χ2n) is 7.11. The molecule has 3 rings (SSSR count). The number of fused-ring (bicyclic) bond motifs is 1. The first-order valence-corrected chi connectivity index (χ1v) is 10.5. The number of carbonyl (C=O) groups is 2. The molecule has 0 spiro atoms. The first-order valence-electron chi connectivity index (χ1n) is 9.71. The number of esters is 1. The Labute approximate surface area is 189 Å². The molecule has 1 heterocycles. The normalized spacial score (nSPS) is 11.8. The summed E-state index contributed by atoms with van der Waals surface area (Å²) in [6, 6.07) is 10.6. The van der Waals surface area contributed by atoms with E-state index in [0.717, 1.165) is 32.2 Å². The zero-order valence-corrected chi connectivity index (χ0v) is 19.5. The summed E-state index contributed by atoms with van der Waals surface area (Å²) in [5.74, 6) is 0.454. The quantitative estimate of drug-likeness (QED) is 0.463. The van der Waals surface area contributed by atoms with E-state index in [1.165, 1.54) is 14.2 Å². The predicted octanol–water partition coefficient (Wildman–Crippen LogP) is 4.22. The zero-order valence-electron chi connectivity index (χ0n) is 17.9. The molecule has 2 N–H and O–H groups in total. The number of nitrogens with one attached hydrogen (secondary N) is 2. The minimum absolute atomic E-state index is 0.00383. The lowest BCUT2D eigenvalue weighted by atomic mass is 10.0. The minimum atomic E-state index is -0.572. The van der Waals surface area contributed by atoms with Crippen molar-refractivity contribution in [2.24, 2.45) is 0 Å². The van der Waals surface area contributed by atoms with E-state index in [1.54, 1.807) is 25.3 Å². The number of halogens is 1. The molecule has 0 aliphatic rings. The van der Waals surface area contributed by atoms with Gasteiger partial charge in [-0.1, -0.05) is 22.0 Å². The van der Waals surface area contributed by atoms with E-state index in [2.05, 4.69) is 26.2 Å². The summed E-state index contributed by atoms with van der Waals surface area (Å²) in [6.45, 7) is 1.94. The van der Waals surface area contributed by atoms with Crippen LogP contribution in [0.3, 0.4) is 0 Å². The van der Waals surface area contributed by atoms with Gasteiger partial charge in [0.2, 0.25) is 5.91 Å². The predicted molar refractivity (Wildman–Crippen MR) is 122 cm³/mol. The van der Waals surface area contributed by atoms with Gasteiger partial charge < -0.3 is 24.5 Å². The number of carbonyl (C=O) groups excluding carboxylic acids is 2. The highest BCUT2D eigenvalue weighted by Crippen LogP contribution is 2.31. The molecule has 0 aliphatic heterocycles. The van der Waals surface area contributed by atoms with Gasteiger partial charge in [-0.15, -0.1) is 0 Å². The lowest BCUT2D eigenvalue weighted by Crippen LogP contribution is -2.31. The molecule has 8 heteroatoms. The number of hydrogen-bond donors (Lipinski definition) is 2. The highest BCUT2D eigenvalue weighted by molar-refractivity contribution is 9.10. The molecule has 1 unspecified atom stereocenters. The molecule has 1 amide bonds. The second-order valence-corrected chi connectivity index (χ2v) is 8.03. The third kappa shape index (κ3) is 5.19. The highest BCUT2D eigenvalue weighted by Gasteiger charge is 2.22. The maximum Gasteiger partial charge on any atom is 0.307 e. The number of amides is 1. The summed E-state index contributed by atoms with van der Waals surface area (Å²) in [5.41, 5.74) is 3.53. The van der Waals surface area contributed by atoms with Gasteiger partial charge in [0.1, 0.15) is 0 Å². The van der Waals surface area contributed by atoms with Crippen LogP contribution in [0.15, 0.2) is 40.9 Å². The Kier molecular flexibility index (Phi) is 7.22. The van der Waals surface area contributed by atoms with E-state index in [4.69, 9.17) is 14.2 Å². The topological polar surface area (TPSA) is 89.7 Å². The number of rotatable bonds is 8. The molecule has 1 atom stereocenters. The van der Waals surface area contributed by atoms with Crippen molar-refractivity contribution in [1.82, 2.24) is 10.3 Å². The van der Waals surface area contributed by atoms with Crippen molar-refractivity contribution in [2.75, 3.05) is 21.3 Å². The van der Waals surface area contributed by atoms with Crippen LogP contribution in [-0.4, -0.2) is 38.2 Å². The van der Waals surface area contributed by atoms with Gasteiger partial charge in [0, 0.05) is 21.1 Å². The summed E-state index contributed by atoms with van der Waals surface area (Å²) in [7, 11) is 4.41. The maximum atomic E-state index is 13.0. The van der Waals surface area contributed by atoms with Crippen molar-refractivity contribution in [3.63, 3.8) is 0 Å². The van der Waals surface area contributed by atoms with Crippen LogP contribution in [0.1, 0.15) is 29.3 Å². The average Bonchev–Trinajstić information content (AvgIpc) is 3.06. The molecule has 0 saturated heterocycles. The van der Waals surface area contributed by atoms with Crippen LogP contribution >= 0.6 is 15.9 Å². The molecule has 1 aromatic heterocycles. The molecule has 0 radical (unpaired) electrons. The number of aromatic amines is 1. The number of methoxy groups -OCH3 is 3. The van der Waals surface area contributed by atoms with Crippen molar-refractivity contribution >= 4 is 38.7 Å². The molecule has 0 bridgehead atoms. The molecular formula is C23H25BrN2O5. The van der Waals surface area contributed by atoms with Crippen LogP contribution in [-0.2, 0) is 20.7 Å². The van der Waals surface area contributed by atoms with Crippen LogP contribution in [0.5, 0.6) is 11.5 Å². The number of aromatic nitrogens is 1. The zero-order chi connectivity index (χ0) is 22.5. The first-order chi connectivity index (χ1) is 14.9. The number of aryl methyl sites for hydroxylation is 1. The van der Waals surface area contributed by atoms with Gasteiger partial charge in [0.15, 0.2) is 11.5 Å². The van der Waals surface area contributed by atoms with E-state index in [-0.39, 0.29) is 18.7 Å². The SMILES string of the molecule is COC(=O)CC(NC(=O)Cc1c(C)[nH]c2ccc(Br)cc12)c1ccc(OC)c(OC)c1. The summed E-state index contributed by atoms with van der Waals surface area (Å²) in [4.78, 5) is 28.3. The van der Waals surface area contributed by atoms with Crippen LogP contribution in [0.25, 0.3) is 10.9 Å². The molecule has 0 fully saturated rings. The van der Waals surface area contributed by atoms with Crippen LogP contribution in [0.2, 0.25) is 0 Å². The van der Waals surface area contributed by atoms with Crippen molar-refractivity contribution in [3.8, 4) is 11.5 Å². The van der Waals surface area contributed by atoms with Crippen LogP contribution in [0.4, 0.5) is 0 Å². The van der Waals surface area contributed by atoms with Gasteiger partial charge in [0.25, 0.3) is 0 Å². The van der Waals surface area contributed by atoms with Gasteiger partial charge in [-0.2, -0.15) is 0 Å². The van der Waals surface area contributed by atoms with Crippen molar-refractivity contribution in [1.29, 1.82) is 0 Å². The molecule has 0 aliphatic carbocycles. The fraction of sp³-hybridized carbons (Fsp3) is 0.304. The monoisotopic (exact) mass is 488 g/mol. The number of ether oxygens (including phenoxy) is 3. The molecule has 31 heavy (non-hydrogen) atoms. The summed E-state index contributed by atoms with van der Waals surface area (Å²) >= 11 is 3.49. The molecular weight excluding hydrogens is 464 g/mol. The first kappa shape index (κ1) is 22.7. The van der Waals surface area contributed by atoms with E-state index in [9.17, 15) is 9.59 Å². The van der Waals surface area contributed by atoms with Crippen molar-refractivity contribution in [3.05, 3.63) is 57.7 Å². The third-order valence-corrected chi connectivity index (χ3v) is 5.66. The Bertz CT molecular complexity index is 1110. The van der Waals surface area contributed by atoms with Crippen molar-refractivity contribution in [2.45, 2.75) is 25.8 Å². The molecule has 2 aromatic carbocycles. The van der Waals surface area contributed by atoms with Gasteiger partial charge in [-0.05, 0) is 48.4 Å². The second kappa shape index (κ2) is 9.87. The van der Waals surface area contributed by atoms with Gasteiger partial charge in [0.05, 0.1) is 40.2 Å². The minimum Gasteiger partial charge on any atom is -0.493 e. The van der Waals surface area contributed by atoms with E-state index >= 15 is 0 Å². The van der Waals surface area contributed by atoms with E-state index < -0.39 is 12.0 Å². The summed E-state index contributed by atoms with van der Waals surface area (Å²) in [6.07, 6.45) is 0.170. The van der Waals surface area contributed by atoms with E-state index in [1.807, 2.05) is 25.1 Å². The fourth-order valence-electron chi connectivity index (χ4n) is 3.56. The van der Waals surface area contributed by atoms with Gasteiger partial charge in [-0.3, -0.25) is 9.59 Å². The van der Waals surface area contributed by atoms with Gasteiger partial charge in [-0.25, -0.2) is 0 Å². The number of H-pyrrole nitrogens is 1. The van der Waals surface area contributed by atoms with Crippen LogP contribution < -0.4 is 14.8 Å². The summed E-state index contributed by atoms with van der Waals surface area (Å²) in [5, 5.41) is 3.95. The largest absolute Gasteiger partial charge is 0.493 e. The number of benzene rings is 2. The third-order valence-electron chi connectivity index (χ3n) is 5.16. The van der Waals surface area contributed by atoms with Gasteiger partial charge >= 0.3 is 5.97 Å². The Balaban J connectivity index is 1.86.